The molecule has 1 amide bonds. The van der Waals surface area contributed by atoms with Crippen molar-refractivity contribution in [1.82, 2.24) is 15.3 Å². The predicted molar refractivity (Wildman–Crippen MR) is 81.3 cm³/mol. The second-order valence-corrected chi connectivity index (χ2v) is 4.98. The van der Waals surface area contributed by atoms with Gasteiger partial charge in [-0.05, 0) is 24.6 Å². The average molecular weight is 281 g/mol. The summed E-state index contributed by atoms with van der Waals surface area (Å²) in [4.78, 5) is 28.9. The van der Waals surface area contributed by atoms with Crippen molar-refractivity contribution < 1.29 is 4.79 Å². The van der Waals surface area contributed by atoms with Gasteiger partial charge in [-0.15, -0.1) is 0 Å². The van der Waals surface area contributed by atoms with Crippen LogP contribution in [0.5, 0.6) is 0 Å². The van der Waals surface area contributed by atoms with Crippen molar-refractivity contribution in [3.8, 4) is 0 Å². The van der Waals surface area contributed by atoms with Crippen LogP contribution < -0.4 is 11.0 Å². The Hall–Kier alpha value is -2.82. The molecule has 3 N–H and O–H groups in total. The first-order valence-corrected chi connectivity index (χ1v) is 6.68. The molecule has 3 rings (SSSR count). The van der Waals surface area contributed by atoms with Crippen molar-refractivity contribution in [2.75, 3.05) is 0 Å². The van der Waals surface area contributed by atoms with Crippen LogP contribution in [0.25, 0.3) is 11.0 Å². The first-order chi connectivity index (χ1) is 10.1. The predicted octanol–water partition coefficient (Wildman–Crippen LogP) is 2.09. The third-order valence-electron chi connectivity index (χ3n) is 3.37. The number of aromatic amines is 2. The average Bonchev–Trinajstić information content (AvgIpc) is 2.86. The number of nitrogens with one attached hydrogen (secondary N) is 3. The lowest BCUT2D eigenvalue weighted by Crippen LogP contribution is -2.23. The van der Waals surface area contributed by atoms with E-state index < -0.39 is 0 Å². The van der Waals surface area contributed by atoms with Gasteiger partial charge in [-0.3, -0.25) is 4.79 Å². The number of hydrogen-bond acceptors (Lipinski definition) is 2. The molecule has 3 aromatic rings. The van der Waals surface area contributed by atoms with Crippen LogP contribution in [0.3, 0.4) is 0 Å². The smallest absolute Gasteiger partial charge is 0.323 e. The summed E-state index contributed by atoms with van der Waals surface area (Å²) in [6.07, 6.45) is 0. The van der Waals surface area contributed by atoms with Gasteiger partial charge in [0.05, 0.1) is 16.6 Å². The molecule has 1 heterocycles. The maximum absolute atomic E-state index is 12.3. The molecule has 2 aromatic carbocycles. The van der Waals surface area contributed by atoms with Crippen LogP contribution in [0.1, 0.15) is 21.5 Å². The molecule has 0 saturated carbocycles. The van der Waals surface area contributed by atoms with E-state index in [1.807, 2.05) is 31.2 Å². The summed E-state index contributed by atoms with van der Waals surface area (Å²) in [5.74, 6) is -0.212. The number of H-pyrrole nitrogens is 2. The Kier molecular flexibility index (Phi) is 3.31. The Morgan fingerprint density at radius 3 is 2.62 bits per heavy atom. The molecule has 0 aliphatic carbocycles. The van der Waals surface area contributed by atoms with Gasteiger partial charge in [-0.25, -0.2) is 4.79 Å². The van der Waals surface area contributed by atoms with E-state index in [9.17, 15) is 9.59 Å². The van der Waals surface area contributed by atoms with Crippen LogP contribution in [0.2, 0.25) is 0 Å². The van der Waals surface area contributed by atoms with Crippen molar-refractivity contribution >= 4 is 16.9 Å². The van der Waals surface area contributed by atoms with Gasteiger partial charge in [0.1, 0.15) is 0 Å². The van der Waals surface area contributed by atoms with Gasteiger partial charge in [0.15, 0.2) is 0 Å². The number of aryl methyl sites for hydroxylation is 1. The third kappa shape index (κ3) is 2.72. The van der Waals surface area contributed by atoms with Crippen LogP contribution in [0.15, 0.2) is 47.3 Å². The van der Waals surface area contributed by atoms with Gasteiger partial charge in [0, 0.05) is 6.54 Å². The lowest BCUT2D eigenvalue weighted by atomic mass is 10.1. The zero-order valence-electron chi connectivity index (χ0n) is 11.6. The molecule has 0 spiro atoms. The maximum Gasteiger partial charge on any atom is 0.323 e. The molecule has 0 fully saturated rings. The largest absolute Gasteiger partial charge is 0.348 e. The Bertz CT molecular complexity index is 844. The molecule has 0 aliphatic rings. The standard InChI is InChI=1S/C16H15N3O2/c1-10-5-7-11(8-6-10)9-17-15(20)12-3-2-4-13-14(12)19-16(21)18-13/h2-8H,9H2,1H3,(H,17,20)(H2,18,19,21). The number of imidazole rings is 1. The van der Waals surface area contributed by atoms with E-state index in [2.05, 4.69) is 15.3 Å². The zero-order chi connectivity index (χ0) is 14.8. The zero-order valence-corrected chi connectivity index (χ0v) is 11.6. The van der Waals surface area contributed by atoms with Crippen molar-refractivity contribution in [3.05, 3.63) is 69.6 Å². The fraction of sp³-hybridized carbons (Fsp3) is 0.125. The van der Waals surface area contributed by atoms with Gasteiger partial charge in [-0.1, -0.05) is 35.9 Å². The number of amides is 1. The number of rotatable bonds is 3. The fourth-order valence-corrected chi connectivity index (χ4v) is 2.23. The number of carbonyl (C=O) groups is 1. The highest BCUT2D eigenvalue weighted by Gasteiger charge is 2.11. The lowest BCUT2D eigenvalue weighted by Gasteiger charge is -2.06. The first-order valence-electron chi connectivity index (χ1n) is 6.68. The molecule has 0 unspecified atom stereocenters. The highest BCUT2D eigenvalue weighted by molar-refractivity contribution is 6.04. The number of benzene rings is 2. The number of fused-ring (bicyclic) bond motifs is 1. The van der Waals surface area contributed by atoms with Crippen molar-refractivity contribution in [1.29, 1.82) is 0 Å². The van der Waals surface area contributed by atoms with Crippen LogP contribution in [-0.2, 0) is 6.54 Å². The second-order valence-electron chi connectivity index (χ2n) is 4.98. The Labute approximate surface area is 121 Å². The number of carbonyl (C=O) groups excluding carboxylic acids is 1. The molecule has 5 heteroatoms. The van der Waals surface area contributed by atoms with E-state index in [-0.39, 0.29) is 11.6 Å². The summed E-state index contributed by atoms with van der Waals surface area (Å²) >= 11 is 0. The Balaban J connectivity index is 1.81. The van der Waals surface area contributed by atoms with E-state index in [4.69, 9.17) is 0 Å². The third-order valence-corrected chi connectivity index (χ3v) is 3.37. The van der Waals surface area contributed by atoms with Gasteiger partial charge in [0.25, 0.3) is 5.91 Å². The molecule has 5 nitrogen and oxygen atoms in total. The SMILES string of the molecule is Cc1ccc(CNC(=O)c2cccc3[nH]c(=O)[nH]c23)cc1. The minimum Gasteiger partial charge on any atom is -0.348 e. The van der Waals surface area contributed by atoms with Crippen molar-refractivity contribution in [2.45, 2.75) is 13.5 Å². The highest BCUT2D eigenvalue weighted by atomic mass is 16.2. The molecule has 106 valence electrons. The van der Waals surface area contributed by atoms with E-state index in [0.29, 0.717) is 23.1 Å². The highest BCUT2D eigenvalue weighted by Crippen LogP contribution is 2.13. The fourth-order valence-electron chi connectivity index (χ4n) is 2.23. The first kappa shape index (κ1) is 13.2. The number of para-hydroxylation sites is 1. The van der Waals surface area contributed by atoms with E-state index in [1.165, 1.54) is 5.56 Å². The van der Waals surface area contributed by atoms with E-state index in [1.54, 1.807) is 18.2 Å². The molecule has 0 bridgehead atoms. The minimum atomic E-state index is -0.316. The summed E-state index contributed by atoms with van der Waals surface area (Å²) in [6.45, 7) is 2.47. The van der Waals surface area contributed by atoms with Crippen LogP contribution in [0.4, 0.5) is 0 Å². The molecule has 1 aromatic heterocycles. The molecule has 0 aliphatic heterocycles. The minimum absolute atomic E-state index is 0.212. The van der Waals surface area contributed by atoms with Crippen LogP contribution >= 0.6 is 0 Å². The number of hydrogen-bond donors (Lipinski definition) is 3. The Morgan fingerprint density at radius 2 is 1.86 bits per heavy atom. The summed E-state index contributed by atoms with van der Waals surface area (Å²) in [5.41, 5.74) is 3.51. The molecular formula is C16H15N3O2. The van der Waals surface area contributed by atoms with Crippen LogP contribution in [-0.4, -0.2) is 15.9 Å². The summed E-state index contributed by atoms with van der Waals surface area (Å²) in [5, 5.41) is 2.86. The van der Waals surface area contributed by atoms with E-state index >= 15 is 0 Å². The Morgan fingerprint density at radius 1 is 1.10 bits per heavy atom. The van der Waals surface area contributed by atoms with Crippen molar-refractivity contribution in [3.63, 3.8) is 0 Å². The van der Waals surface area contributed by atoms with E-state index in [0.717, 1.165) is 5.56 Å². The molecule has 0 saturated heterocycles. The lowest BCUT2D eigenvalue weighted by molar-refractivity contribution is 0.0952. The number of aromatic nitrogens is 2. The van der Waals surface area contributed by atoms with Crippen molar-refractivity contribution in [2.24, 2.45) is 0 Å². The molecule has 0 atom stereocenters. The summed E-state index contributed by atoms with van der Waals surface area (Å²) < 4.78 is 0. The monoisotopic (exact) mass is 281 g/mol. The molecule has 0 radical (unpaired) electrons. The summed E-state index contributed by atoms with van der Waals surface area (Å²) in [6, 6.07) is 13.2. The molecular weight excluding hydrogens is 266 g/mol. The maximum atomic E-state index is 12.3. The second kappa shape index (κ2) is 5.28. The van der Waals surface area contributed by atoms with Gasteiger partial charge >= 0.3 is 5.69 Å². The van der Waals surface area contributed by atoms with Crippen LogP contribution in [0, 0.1) is 6.92 Å². The normalized spacial score (nSPS) is 10.7. The summed E-state index contributed by atoms with van der Waals surface area (Å²) in [7, 11) is 0. The topological polar surface area (TPSA) is 77.8 Å². The van der Waals surface area contributed by atoms with Gasteiger partial charge < -0.3 is 15.3 Å². The quantitative estimate of drug-likeness (QED) is 0.687. The van der Waals surface area contributed by atoms with Gasteiger partial charge in [0.2, 0.25) is 0 Å². The molecule has 21 heavy (non-hydrogen) atoms. The van der Waals surface area contributed by atoms with Gasteiger partial charge in [-0.2, -0.15) is 0 Å².